The molecule has 0 aliphatic rings. The molecule has 0 unspecified atom stereocenters. The van der Waals surface area contributed by atoms with Gasteiger partial charge in [0.2, 0.25) is 0 Å². The standard InChI is InChI=1S/C10H14.C8H14/c1-9(2)7-5-6-8-10(3)4;1-7(2)5-6-8(3)4/h9-10H,1-4H3;7-8H,1-4H3. The van der Waals surface area contributed by atoms with Crippen molar-refractivity contribution in [1.29, 1.82) is 0 Å². The van der Waals surface area contributed by atoms with Gasteiger partial charge >= 0.3 is 0 Å². The lowest BCUT2D eigenvalue weighted by Crippen LogP contribution is -1.82. The van der Waals surface area contributed by atoms with Crippen LogP contribution in [0, 0.1) is 59.2 Å². The minimum atomic E-state index is 0.432. The van der Waals surface area contributed by atoms with Crippen molar-refractivity contribution in [2.75, 3.05) is 0 Å². The lowest BCUT2D eigenvalue weighted by atomic mass is 10.2. The van der Waals surface area contributed by atoms with Gasteiger partial charge in [-0.1, -0.05) is 67.2 Å². The van der Waals surface area contributed by atoms with E-state index in [9.17, 15) is 0 Å². The largest absolute Gasteiger partial charge is 0.100 e. The van der Waals surface area contributed by atoms with Gasteiger partial charge in [-0.2, -0.15) is 0 Å². The zero-order chi connectivity index (χ0) is 14.6. The summed E-state index contributed by atoms with van der Waals surface area (Å²) in [6.45, 7) is 16.7. The molecule has 0 aromatic rings. The van der Waals surface area contributed by atoms with Crippen LogP contribution in [0.4, 0.5) is 0 Å². The summed E-state index contributed by atoms with van der Waals surface area (Å²) >= 11 is 0. The zero-order valence-corrected chi connectivity index (χ0v) is 13.3. The van der Waals surface area contributed by atoms with Crippen molar-refractivity contribution in [3.63, 3.8) is 0 Å². The van der Waals surface area contributed by atoms with Crippen LogP contribution in [-0.4, -0.2) is 0 Å². The van der Waals surface area contributed by atoms with Crippen LogP contribution in [0.1, 0.15) is 55.4 Å². The topological polar surface area (TPSA) is 0 Å². The van der Waals surface area contributed by atoms with Gasteiger partial charge in [0, 0.05) is 23.7 Å². The Morgan fingerprint density at radius 1 is 0.389 bits per heavy atom. The van der Waals surface area contributed by atoms with Crippen LogP contribution in [-0.2, 0) is 0 Å². The summed E-state index contributed by atoms with van der Waals surface area (Å²) in [6.07, 6.45) is 0. The summed E-state index contributed by atoms with van der Waals surface area (Å²) in [5, 5.41) is 0. The van der Waals surface area contributed by atoms with E-state index in [1.54, 1.807) is 0 Å². The van der Waals surface area contributed by atoms with Crippen molar-refractivity contribution < 1.29 is 0 Å². The first-order valence-corrected chi connectivity index (χ1v) is 6.77. The minimum absolute atomic E-state index is 0.432. The molecule has 0 heterocycles. The molecule has 0 heteroatoms. The third kappa shape index (κ3) is 24.1. The van der Waals surface area contributed by atoms with Crippen LogP contribution in [0.15, 0.2) is 0 Å². The molecule has 0 aliphatic carbocycles. The number of hydrogen-bond acceptors (Lipinski definition) is 0. The minimum Gasteiger partial charge on any atom is -0.100 e. The smallest absolute Gasteiger partial charge is 0.0156 e. The van der Waals surface area contributed by atoms with Crippen LogP contribution in [0.3, 0.4) is 0 Å². The molecule has 0 nitrogen and oxygen atoms in total. The van der Waals surface area contributed by atoms with E-state index in [2.05, 4.69) is 90.9 Å². The second-order valence-corrected chi connectivity index (χ2v) is 5.45. The second kappa shape index (κ2) is 12.1. The Kier molecular flexibility index (Phi) is 12.8. The van der Waals surface area contributed by atoms with E-state index in [1.807, 2.05) is 0 Å². The van der Waals surface area contributed by atoms with Gasteiger partial charge in [0.15, 0.2) is 0 Å². The molecule has 0 aromatic heterocycles. The monoisotopic (exact) mass is 244 g/mol. The van der Waals surface area contributed by atoms with E-state index in [1.165, 1.54) is 0 Å². The molecule has 18 heavy (non-hydrogen) atoms. The van der Waals surface area contributed by atoms with Crippen molar-refractivity contribution in [3.8, 4) is 35.5 Å². The Morgan fingerprint density at radius 3 is 0.778 bits per heavy atom. The van der Waals surface area contributed by atoms with Crippen molar-refractivity contribution in [2.24, 2.45) is 23.7 Å². The van der Waals surface area contributed by atoms with Gasteiger partial charge < -0.3 is 0 Å². The fourth-order valence-electron chi connectivity index (χ4n) is 0.694. The van der Waals surface area contributed by atoms with Gasteiger partial charge in [-0.15, -0.1) is 11.8 Å². The summed E-state index contributed by atoms with van der Waals surface area (Å²) in [7, 11) is 0. The zero-order valence-electron chi connectivity index (χ0n) is 13.3. The van der Waals surface area contributed by atoms with Gasteiger partial charge in [-0.3, -0.25) is 0 Å². The predicted octanol–water partition coefficient (Wildman–Crippen LogP) is 4.61. The Hall–Kier alpha value is -1.32. The predicted molar refractivity (Wildman–Crippen MR) is 82.7 cm³/mol. The summed E-state index contributed by atoms with van der Waals surface area (Å²) in [6, 6.07) is 0. The molecule has 0 radical (unpaired) electrons. The average Bonchev–Trinajstić information content (AvgIpc) is 2.22. The van der Waals surface area contributed by atoms with Crippen LogP contribution >= 0.6 is 0 Å². The molecule has 0 fully saturated rings. The highest BCUT2D eigenvalue weighted by atomic mass is 13.9. The van der Waals surface area contributed by atoms with E-state index in [4.69, 9.17) is 0 Å². The first kappa shape index (κ1) is 19.0. The van der Waals surface area contributed by atoms with E-state index in [-0.39, 0.29) is 0 Å². The third-order valence-corrected chi connectivity index (χ3v) is 1.44. The highest BCUT2D eigenvalue weighted by Crippen LogP contribution is 1.90. The van der Waals surface area contributed by atoms with Crippen LogP contribution in [0.25, 0.3) is 0 Å². The molecule has 0 spiro atoms. The summed E-state index contributed by atoms with van der Waals surface area (Å²) in [5.74, 6) is 19.7. The first-order valence-electron chi connectivity index (χ1n) is 6.77. The molecular weight excluding hydrogens is 216 g/mol. The van der Waals surface area contributed by atoms with E-state index in [0.717, 1.165) is 0 Å². The van der Waals surface area contributed by atoms with Crippen molar-refractivity contribution in [1.82, 2.24) is 0 Å². The number of hydrogen-bond donors (Lipinski definition) is 0. The Bertz CT molecular complexity index is 325. The fraction of sp³-hybridized carbons (Fsp3) is 0.667. The highest BCUT2D eigenvalue weighted by Gasteiger charge is 1.83. The molecule has 0 aromatic carbocycles. The average molecular weight is 244 g/mol. The van der Waals surface area contributed by atoms with Crippen LogP contribution in [0.5, 0.6) is 0 Å². The van der Waals surface area contributed by atoms with E-state index < -0.39 is 0 Å². The van der Waals surface area contributed by atoms with Gasteiger partial charge in [-0.05, 0) is 11.8 Å². The van der Waals surface area contributed by atoms with Gasteiger partial charge in [0.05, 0.1) is 0 Å². The summed E-state index contributed by atoms with van der Waals surface area (Å²) in [5.41, 5.74) is 0. The second-order valence-electron chi connectivity index (χ2n) is 5.45. The van der Waals surface area contributed by atoms with Crippen molar-refractivity contribution >= 4 is 0 Å². The van der Waals surface area contributed by atoms with Gasteiger partial charge in [-0.25, -0.2) is 0 Å². The van der Waals surface area contributed by atoms with Crippen LogP contribution in [0.2, 0.25) is 0 Å². The lowest BCUT2D eigenvalue weighted by molar-refractivity contribution is 0.833. The maximum absolute atomic E-state index is 3.09. The third-order valence-electron chi connectivity index (χ3n) is 1.44. The number of rotatable bonds is 0. The van der Waals surface area contributed by atoms with Crippen molar-refractivity contribution in [3.05, 3.63) is 0 Å². The summed E-state index contributed by atoms with van der Waals surface area (Å²) in [4.78, 5) is 0. The van der Waals surface area contributed by atoms with Gasteiger partial charge in [0.1, 0.15) is 0 Å². The Morgan fingerprint density at radius 2 is 0.611 bits per heavy atom. The lowest BCUT2D eigenvalue weighted by Gasteiger charge is -1.89. The van der Waals surface area contributed by atoms with Crippen LogP contribution < -0.4 is 0 Å². The Labute approximate surface area is 115 Å². The molecule has 0 amide bonds. The summed E-state index contributed by atoms with van der Waals surface area (Å²) < 4.78 is 0. The molecule has 0 N–H and O–H groups in total. The Balaban J connectivity index is 0. The quantitative estimate of drug-likeness (QED) is 0.546. The highest BCUT2D eigenvalue weighted by molar-refractivity contribution is 5.26. The molecule has 0 atom stereocenters. The SMILES string of the molecule is CC(C)C#CC#CC(C)C.CC(C)C#CC(C)C. The maximum atomic E-state index is 3.09. The molecular formula is C18H28. The van der Waals surface area contributed by atoms with E-state index >= 15 is 0 Å². The molecule has 0 saturated heterocycles. The van der Waals surface area contributed by atoms with E-state index in [0.29, 0.717) is 23.7 Å². The molecule has 0 saturated carbocycles. The van der Waals surface area contributed by atoms with Crippen molar-refractivity contribution in [2.45, 2.75) is 55.4 Å². The fourth-order valence-corrected chi connectivity index (χ4v) is 0.694. The first-order chi connectivity index (χ1) is 8.25. The maximum Gasteiger partial charge on any atom is 0.0156 e. The normalized spacial score (nSPS) is 8.67. The molecule has 0 rings (SSSR count). The molecule has 0 aliphatic heterocycles. The van der Waals surface area contributed by atoms with Gasteiger partial charge in [0.25, 0.3) is 0 Å². The molecule has 0 bridgehead atoms. The molecule has 100 valence electrons.